The van der Waals surface area contributed by atoms with Crippen LogP contribution in [0.4, 0.5) is 0 Å². The molecule has 7 aromatic rings. The van der Waals surface area contributed by atoms with Gasteiger partial charge in [0.05, 0.1) is 0 Å². The number of hydrogen-bond acceptors (Lipinski definition) is 2. The van der Waals surface area contributed by atoms with Crippen LogP contribution < -0.4 is 0 Å². The molecule has 0 bridgehead atoms. The first-order valence-corrected chi connectivity index (χ1v) is 17.1. The summed E-state index contributed by atoms with van der Waals surface area (Å²) >= 11 is 0. The van der Waals surface area contributed by atoms with Crippen molar-refractivity contribution >= 4 is 39.3 Å². The van der Waals surface area contributed by atoms with Crippen molar-refractivity contribution in [1.29, 1.82) is 0 Å². The molecule has 8 rings (SSSR count). The molecule has 2 heterocycles. The number of allylic oxidation sites excluding steroid dienone is 4. The Morgan fingerprint density at radius 1 is 0.904 bits per heavy atom. The number of aromatic nitrogens is 1. The average molecular weight is 861 g/mol. The van der Waals surface area contributed by atoms with Crippen LogP contribution in [0.25, 0.3) is 60.9 Å². The molecule has 0 aliphatic heterocycles. The minimum Gasteiger partial charge on any atom is -0.811 e. The molecule has 0 radical (unpaired) electrons. The van der Waals surface area contributed by atoms with E-state index in [9.17, 15) is 5.41 Å². The summed E-state index contributed by atoms with van der Waals surface area (Å²) in [4.78, 5) is 4.21. The van der Waals surface area contributed by atoms with Crippen LogP contribution >= 0.6 is 0 Å². The topological polar surface area (TPSA) is 48.3 Å². The van der Waals surface area contributed by atoms with Gasteiger partial charge >= 0.3 is 20.1 Å². The third kappa shape index (κ3) is 8.15. The van der Waals surface area contributed by atoms with Gasteiger partial charge in [-0.15, -0.1) is 58.7 Å². The Labute approximate surface area is 330 Å². The summed E-state index contributed by atoms with van der Waals surface area (Å²) in [5.74, 6) is -0.455. The maximum absolute atomic E-state index is 9.53. The molecule has 0 amide bonds. The summed E-state index contributed by atoms with van der Waals surface area (Å²) in [7, 11) is 0. The second-order valence-corrected chi connectivity index (χ2v) is 12.7. The number of para-hydroxylation sites is 1. The van der Waals surface area contributed by atoms with Crippen molar-refractivity contribution in [3.8, 4) is 22.4 Å². The third-order valence-electron chi connectivity index (χ3n) is 9.27. The number of furan rings is 1. The SMILES string of the molecule is [2H]C([2H])([2H])c1ccc(-c2[c-]cc(C([2H])([2H])[2H])c(-c3ccccc3)c2)nc1.[2H]C1(c2ccc(C(=C/C=[N-])/C=C(\C)c3[c-]ccc4c3oc3ccccc34)cc2)CCCC1.[Ir+3]. The van der Waals surface area contributed by atoms with Gasteiger partial charge in [0.2, 0.25) is 0 Å². The predicted octanol–water partition coefficient (Wildman–Crippen LogP) is 13.0. The molecular weight excluding hydrogens is 813 g/mol. The summed E-state index contributed by atoms with van der Waals surface area (Å²) < 4.78 is 60.5. The zero-order chi connectivity index (χ0) is 41.1. The van der Waals surface area contributed by atoms with Gasteiger partial charge in [-0.3, -0.25) is 0 Å². The van der Waals surface area contributed by atoms with Crippen LogP contribution in [0.2, 0.25) is 0 Å². The Balaban J connectivity index is 0.000000199. The normalized spacial score (nSPS) is 16.5. The number of benzene rings is 5. The number of rotatable bonds is 7. The molecule has 0 N–H and O–H groups in total. The summed E-state index contributed by atoms with van der Waals surface area (Å²) in [6.07, 6.45) is 10.2. The molecule has 2 aromatic heterocycles. The Morgan fingerprint density at radius 3 is 2.42 bits per heavy atom. The van der Waals surface area contributed by atoms with Crippen LogP contribution in [-0.2, 0) is 20.1 Å². The van der Waals surface area contributed by atoms with Crippen molar-refractivity contribution in [3.63, 3.8) is 0 Å². The van der Waals surface area contributed by atoms with Crippen molar-refractivity contribution in [2.45, 2.75) is 52.2 Å². The molecule has 0 saturated heterocycles. The molecule has 0 spiro atoms. The monoisotopic (exact) mass is 861 g/mol. The minimum absolute atomic E-state index is 0. The van der Waals surface area contributed by atoms with Crippen molar-refractivity contribution in [2.75, 3.05) is 0 Å². The van der Waals surface area contributed by atoms with E-state index in [1.807, 2.05) is 73.7 Å². The van der Waals surface area contributed by atoms with Crippen LogP contribution in [0.1, 0.15) is 75.9 Å². The van der Waals surface area contributed by atoms with Gasteiger partial charge in [0.25, 0.3) is 0 Å². The van der Waals surface area contributed by atoms with Gasteiger partial charge < -0.3 is 14.8 Å². The van der Waals surface area contributed by atoms with E-state index in [4.69, 9.17) is 14.0 Å². The number of pyridine rings is 1. The Morgan fingerprint density at radius 2 is 1.69 bits per heavy atom. The van der Waals surface area contributed by atoms with Crippen LogP contribution in [0.3, 0.4) is 0 Å². The van der Waals surface area contributed by atoms with Crippen molar-refractivity contribution < 1.29 is 34.1 Å². The van der Waals surface area contributed by atoms with E-state index in [1.165, 1.54) is 18.3 Å². The summed E-state index contributed by atoms with van der Waals surface area (Å²) in [5.41, 5.74) is 9.44. The van der Waals surface area contributed by atoms with E-state index in [0.717, 1.165) is 87.2 Å². The first-order chi connectivity index (χ1) is 27.7. The largest absolute Gasteiger partial charge is 3.00 e. The molecule has 1 saturated carbocycles. The van der Waals surface area contributed by atoms with E-state index in [1.54, 1.807) is 18.2 Å². The number of nitrogens with zero attached hydrogens (tertiary/aromatic N) is 2. The van der Waals surface area contributed by atoms with Gasteiger partial charge in [-0.2, -0.15) is 6.21 Å². The maximum Gasteiger partial charge on any atom is 3.00 e. The van der Waals surface area contributed by atoms with Crippen LogP contribution in [0.5, 0.6) is 0 Å². The minimum atomic E-state index is -2.27. The van der Waals surface area contributed by atoms with Gasteiger partial charge in [-0.05, 0) is 65.2 Å². The van der Waals surface area contributed by atoms with E-state index < -0.39 is 19.6 Å². The van der Waals surface area contributed by atoms with Gasteiger partial charge in [0.15, 0.2) is 0 Å². The fraction of sp³-hybridized carbons (Fsp3) is 0.167. The molecule has 52 heavy (non-hydrogen) atoms. The van der Waals surface area contributed by atoms with Gasteiger partial charge in [0, 0.05) is 26.8 Å². The molecule has 1 aliphatic rings. The molecule has 258 valence electrons. The average Bonchev–Trinajstić information content (AvgIpc) is 3.85. The molecule has 5 aromatic carbocycles. The van der Waals surface area contributed by atoms with Crippen molar-refractivity contribution in [3.05, 3.63) is 179 Å². The van der Waals surface area contributed by atoms with E-state index in [-0.39, 0.29) is 31.2 Å². The Bertz CT molecular complexity index is 2620. The first kappa shape index (κ1) is 28.4. The summed E-state index contributed by atoms with van der Waals surface area (Å²) in [6.45, 7) is -2.44. The van der Waals surface area contributed by atoms with E-state index in [0.29, 0.717) is 16.8 Å². The molecule has 0 unspecified atom stereocenters. The second-order valence-electron chi connectivity index (χ2n) is 12.7. The molecule has 3 nitrogen and oxygen atoms in total. The van der Waals surface area contributed by atoms with Crippen LogP contribution in [-0.4, -0.2) is 11.2 Å². The van der Waals surface area contributed by atoms with Crippen LogP contribution in [0, 0.1) is 25.8 Å². The fourth-order valence-electron chi connectivity index (χ4n) is 6.63. The fourth-order valence-corrected chi connectivity index (χ4v) is 6.63. The zero-order valence-corrected chi connectivity index (χ0v) is 31.1. The molecular formula is C48H41IrN2O. The molecule has 1 aliphatic carbocycles. The standard InChI is InChI=1S/C29H25NO.C19H16N.Ir/c1-20(25-10-6-11-27-26-9-4-5-12-28(26)31-29(25)27)19-24(17-18-30)23-15-13-22(14-16-23)21-7-2-3-8-21;1-14-8-11-19(20-13-14)17-10-9-15(2)18(12-17)16-6-4-3-5-7-16;/h4-6,9,11-19,21H,2-3,7-8H2,1H3;3-9,11-13H,1-2H3;/q-2;-1;+3/b20-19+,24-17+;;/i21D;1D3,2D3;. The van der Waals surface area contributed by atoms with Gasteiger partial charge in [-0.25, -0.2) is 0 Å². The van der Waals surface area contributed by atoms with E-state index in [2.05, 4.69) is 47.4 Å². The number of aryl methyl sites for hydroxylation is 2. The quantitative estimate of drug-likeness (QED) is 0.0911. The van der Waals surface area contributed by atoms with Crippen molar-refractivity contribution in [2.24, 2.45) is 0 Å². The molecule has 1 fully saturated rings. The van der Waals surface area contributed by atoms with Gasteiger partial charge in [0.1, 0.15) is 5.58 Å². The number of hydrogen-bond donors (Lipinski definition) is 0. The smallest absolute Gasteiger partial charge is 0.811 e. The molecule has 0 atom stereocenters. The van der Waals surface area contributed by atoms with Crippen molar-refractivity contribution in [1.82, 2.24) is 4.98 Å². The predicted molar refractivity (Wildman–Crippen MR) is 215 cm³/mol. The first-order valence-electron chi connectivity index (χ1n) is 20.6. The van der Waals surface area contributed by atoms with Gasteiger partial charge in [-0.1, -0.05) is 135 Å². The van der Waals surface area contributed by atoms with Crippen LogP contribution in [0.15, 0.2) is 138 Å². The number of fused-ring (bicyclic) bond motifs is 3. The Hall–Kier alpha value is -5.15. The third-order valence-corrected chi connectivity index (χ3v) is 9.27. The Kier molecular flexibility index (Phi) is 9.25. The maximum atomic E-state index is 9.53. The summed E-state index contributed by atoms with van der Waals surface area (Å²) in [5, 5.41) is 11.7. The zero-order valence-electron chi connectivity index (χ0n) is 35.7. The molecule has 4 heteroatoms. The summed E-state index contributed by atoms with van der Waals surface area (Å²) in [6, 6.07) is 42.1. The second kappa shape index (κ2) is 16.9. The van der Waals surface area contributed by atoms with E-state index >= 15 is 0 Å².